The van der Waals surface area contributed by atoms with Crippen LogP contribution >= 0.6 is 27.3 Å². The number of nitrogens with zero attached hydrogens (tertiary/aromatic N) is 1. The number of thiazole rings is 1. The molecule has 0 bridgehead atoms. The number of anilines is 1. The number of nitrogens with one attached hydrogen (secondary N) is 1. The molecule has 0 aromatic carbocycles. The number of hydrogen-bond acceptors (Lipinski definition) is 4. The van der Waals surface area contributed by atoms with E-state index < -0.39 is 0 Å². The molecule has 1 aromatic heterocycles. The average molecular weight is 277 g/mol. The fraction of sp³-hybridized carbons (Fsp3) is 0.667. The molecule has 1 fully saturated rings. The number of halogens is 1. The predicted octanol–water partition coefficient (Wildman–Crippen LogP) is 2.62. The van der Waals surface area contributed by atoms with Crippen LogP contribution in [0.3, 0.4) is 0 Å². The lowest BCUT2D eigenvalue weighted by atomic mass is 9.93. The summed E-state index contributed by atoms with van der Waals surface area (Å²) in [7, 11) is 0. The summed E-state index contributed by atoms with van der Waals surface area (Å²) in [6.45, 7) is 0. The summed E-state index contributed by atoms with van der Waals surface area (Å²) in [6.07, 6.45) is 5.69. The molecule has 1 aliphatic carbocycles. The Morgan fingerprint density at radius 3 is 3.07 bits per heavy atom. The molecule has 2 N–H and O–H groups in total. The average Bonchev–Trinajstić information content (AvgIpc) is 2.51. The Labute approximate surface area is 95.7 Å². The van der Waals surface area contributed by atoms with Crippen molar-refractivity contribution >= 4 is 32.4 Å². The molecular weight excluding hydrogens is 264 g/mol. The minimum absolute atomic E-state index is 0.135. The van der Waals surface area contributed by atoms with Gasteiger partial charge in [-0.1, -0.05) is 11.3 Å². The van der Waals surface area contributed by atoms with E-state index in [9.17, 15) is 5.11 Å². The van der Waals surface area contributed by atoms with Crippen molar-refractivity contribution in [1.29, 1.82) is 0 Å². The standard InChI is InChI=1S/C9H13BrN2OS/c10-8-5-11-9(14-8)12-6-2-1-3-7(13)4-6/h5-7,13H,1-4H2,(H,11,12). The molecule has 1 heterocycles. The maximum absolute atomic E-state index is 9.50. The van der Waals surface area contributed by atoms with Crippen molar-refractivity contribution in [3.05, 3.63) is 9.98 Å². The summed E-state index contributed by atoms with van der Waals surface area (Å²) in [4.78, 5) is 4.21. The van der Waals surface area contributed by atoms with Crippen molar-refractivity contribution in [3.8, 4) is 0 Å². The minimum Gasteiger partial charge on any atom is -0.393 e. The quantitative estimate of drug-likeness (QED) is 0.873. The molecule has 0 radical (unpaired) electrons. The highest BCUT2D eigenvalue weighted by atomic mass is 79.9. The maximum Gasteiger partial charge on any atom is 0.183 e. The Hall–Kier alpha value is -0.130. The van der Waals surface area contributed by atoms with Gasteiger partial charge in [0, 0.05) is 6.04 Å². The highest BCUT2D eigenvalue weighted by molar-refractivity contribution is 9.11. The molecule has 0 saturated heterocycles. The molecule has 2 unspecified atom stereocenters. The van der Waals surface area contributed by atoms with Gasteiger partial charge in [0.25, 0.3) is 0 Å². The zero-order valence-electron chi connectivity index (χ0n) is 7.74. The molecule has 0 amide bonds. The first kappa shape index (κ1) is 10.4. The summed E-state index contributed by atoms with van der Waals surface area (Å²) < 4.78 is 1.04. The van der Waals surface area contributed by atoms with Crippen molar-refractivity contribution in [2.75, 3.05) is 5.32 Å². The van der Waals surface area contributed by atoms with E-state index in [4.69, 9.17) is 0 Å². The second kappa shape index (κ2) is 4.59. The van der Waals surface area contributed by atoms with Crippen molar-refractivity contribution in [2.45, 2.75) is 37.8 Å². The van der Waals surface area contributed by atoms with Gasteiger partial charge >= 0.3 is 0 Å². The van der Waals surface area contributed by atoms with Crippen molar-refractivity contribution in [1.82, 2.24) is 4.98 Å². The monoisotopic (exact) mass is 276 g/mol. The van der Waals surface area contributed by atoms with Gasteiger partial charge < -0.3 is 10.4 Å². The fourth-order valence-corrected chi connectivity index (χ4v) is 2.97. The largest absolute Gasteiger partial charge is 0.393 e. The molecule has 1 aliphatic rings. The molecule has 14 heavy (non-hydrogen) atoms. The van der Waals surface area contributed by atoms with Crippen LogP contribution in [0.15, 0.2) is 9.98 Å². The lowest BCUT2D eigenvalue weighted by Gasteiger charge is -2.26. The predicted molar refractivity (Wildman–Crippen MR) is 61.7 cm³/mol. The zero-order chi connectivity index (χ0) is 9.97. The van der Waals surface area contributed by atoms with E-state index in [-0.39, 0.29) is 6.10 Å². The minimum atomic E-state index is -0.135. The number of aliphatic hydroxyl groups excluding tert-OH is 1. The van der Waals surface area contributed by atoms with Gasteiger partial charge in [-0.05, 0) is 41.6 Å². The topological polar surface area (TPSA) is 45.1 Å². The van der Waals surface area contributed by atoms with E-state index in [0.29, 0.717) is 6.04 Å². The van der Waals surface area contributed by atoms with Gasteiger partial charge in [0.1, 0.15) is 0 Å². The molecule has 0 spiro atoms. The molecule has 0 aliphatic heterocycles. The second-order valence-corrected chi connectivity index (χ2v) is 6.04. The van der Waals surface area contributed by atoms with Crippen LogP contribution in [-0.4, -0.2) is 22.2 Å². The summed E-state index contributed by atoms with van der Waals surface area (Å²) in [5.41, 5.74) is 0. The third kappa shape index (κ3) is 2.68. The van der Waals surface area contributed by atoms with Crippen LogP contribution in [0.5, 0.6) is 0 Å². The second-order valence-electron chi connectivity index (χ2n) is 3.63. The summed E-state index contributed by atoms with van der Waals surface area (Å²) in [6, 6.07) is 0.386. The zero-order valence-corrected chi connectivity index (χ0v) is 10.1. The number of aromatic nitrogens is 1. The Morgan fingerprint density at radius 1 is 1.57 bits per heavy atom. The Balaban J connectivity index is 1.90. The first-order chi connectivity index (χ1) is 6.74. The van der Waals surface area contributed by atoms with Crippen LogP contribution in [0.25, 0.3) is 0 Å². The number of hydrogen-bond donors (Lipinski definition) is 2. The first-order valence-corrected chi connectivity index (χ1v) is 6.41. The Kier molecular flexibility index (Phi) is 3.41. The van der Waals surface area contributed by atoms with E-state index in [2.05, 4.69) is 26.2 Å². The van der Waals surface area contributed by atoms with Gasteiger partial charge in [-0.3, -0.25) is 0 Å². The van der Waals surface area contributed by atoms with E-state index >= 15 is 0 Å². The molecular formula is C9H13BrN2OS. The molecule has 2 rings (SSSR count). The van der Waals surface area contributed by atoms with Gasteiger partial charge in [-0.15, -0.1) is 0 Å². The van der Waals surface area contributed by atoms with Crippen LogP contribution in [0.2, 0.25) is 0 Å². The molecule has 78 valence electrons. The smallest absolute Gasteiger partial charge is 0.183 e. The summed E-state index contributed by atoms with van der Waals surface area (Å²) >= 11 is 4.97. The van der Waals surface area contributed by atoms with Gasteiger partial charge in [0.2, 0.25) is 0 Å². The van der Waals surface area contributed by atoms with Gasteiger partial charge in [-0.2, -0.15) is 0 Å². The number of rotatable bonds is 2. The Bertz CT molecular complexity index is 305. The Morgan fingerprint density at radius 2 is 2.43 bits per heavy atom. The van der Waals surface area contributed by atoms with Crippen LogP contribution in [-0.2, 0) is 0 Å². The highest BCUT2D eigenvalue weighted by Gasteiger charge is 2.20. The van der Waals surface area contributed by atoms with Crippen molar-refractivity contribution < 1.29 is 5.11 Å². The van der Waals surface area contributed by atoms with E-state index in [1.165, 1.54) is 0 Å². The van der Waals surface area contributed by atoms with Gasteiger partial charge in [0.05, 0.1) is 16.1 Å². The third-order valence-electron chi connectivity index (χ3n) is 2.45. The summed E-state index contributed by atoms with van der Waals surface area (Å²) in [5.74, 6) is 0. The number of aliphatic hydroxyl groups is 1. The SMILES string of the molecule is OC1CCCC(Nc2ncc(Br)s2)C1. The van der Waals surface area contributed by atoms with E-state index in [1.54, 1.807) is 17.5 Å². The van der Waals surface area contributed by atoms with Crippen molar-refractivity contribution in [3.63, 3.8) is 0 Å². The molecule has 1 aromatic rings. The molecule has 1 saturated carbocycles. The molecule has 2 atom stereocenters. The fourth-order valence-electron chi connectivity index (χ4n) is 1.79. The van der Waals surface area contributed by atoms with E-state index in [1.807, 2.05) is 0 Å². The maximum atomic E-state index is 9.50. The first-order valence-electron chi connectivity index (χ1n) is 4.80. The normalized spacial score (nSPS) is 27.6. The van der Waals surface area contributed by atoms with Crippen LogP contribution in [0.1, 0.15) is 25.7 Å². The van der Waals surface area contributed by atoms with Gasteiger partial charge in [0.15, 0.2) is 5.13 Å². The lowest BCUT2D eigenvalue weighted by molar-refractivity contribution is 0.124. The van der Waals surface area contributed by atoms with Crippen LogP contribution in [0, 0.1) is 0 Å². The van der Waals surface area contributed by atoms with Gasteiger partial charge in [-0.25, -0.2) is 4.98 Å². The summed E-state index contributed by atoms with van der Waals surface area (Å²) in [5, 5.41) is 13.8. The third-order valence-corrected chi connectivity index (χ3v) is 3.86. The van der Waals surface area contributed by atoms with Crippen LogP contribution in [0.4, 0.5) is 5.13 Å². The molecule has 5 heteroatoms. The lowest BCUT2D eigenvalue weighted by Crippen LogP contribution is -2.29. The van der Waals surface area contributed by atoms with Crippen LogP contribution < -0.4 is 5.32 Å². The highest BCUT2D eigenvalue weighted by Crippen LogP contribution is 2.27. The van der Waals surface area contributed by atoms with E-state index in [0.717, 1.165) is 34.6 Å². The van der Waals surface area contributed by atoms with Crippen molar-refractivity contribution in [2.24, 2.45) is 0 Å². The molecule has 3 nitrogen and oxygen atoms in total.